The molecule has 138 valence electrons. The Morgan fingerprint density at radius 1 is 1.11 bits per heavy atom. The van der Waals surface area contributed by atoms with Gasteiger partial charge in [0.1, 0.15) is 6.26 Å². The van der Waals surface area contributed by atoms with Gasteiger partial charge in [-0.05, 0) is 43.4 Å². The molecular formula is C23H24N2O2. The summed E-state index contributed by atoms with van der Waals surface area (Å²) in [6.45, 7) is 2.80. The highest BCUT2D eigenvalue weighted by Gasteiger charge is 2.34. The fraction of sp³-hybridized carbons (Fsp3) is 0.304. The number of hydrogen-bond donors (Lipinski definition) is 0. The summed E-state index contributed by atoms with van der Waals surface area (Å²) in [5.74, 6) is 1.28. The number of carbonyl (C=O) groups is 1. The number of nitrogens with zero attached hydrogens (tertiary/aromatic N) is 2. The minimum absolute atomic E-state index is 0.103. The quantitative estimate of drug-likeness (QED) is 0.613. The van der Waals surface area contributed by atoms with Crippen LogP contribution in [0.4, 0.5) is 0 Å². The van der Waals surface area contributed by atoms with Gasteiger partial charge >= 0.3 is 0 Å². The van der Waals surface area contributed by atoms with E-state index >= 15 is 0 Å². The summed E-state index contributed by atoms with van der Waals surface area (Å²) >= 11 is 0. The summed E-state index contributed by atoms with van der Waals surface area (Å²) in [6.07, 6.45) is 4.28. The molecule has 0 N–H and O–H groups in total. The van der Waals surface area contributed by atoms with Crippen LogP contribution in [0.2, 0.25) is 0 Å². The predicted octanol–water partition coefficient (Wildman–Crippen LogP) is 4.71. The Kier molecular flexibility index (Phi) is 5.05. The molecule has 1 heterocycles. The van der Waals surface area contributed by atoms with Crippen molar-refractivity contribution in [2.24, 2.45) is 5.92 Å². The molecule has 27 heavy (non-hydrogen) atoms. The summed E-state index contributed by atoms with van der Waals surface area (Å²) in [6, 6.07) is 20.2. The SMILES string of the molecule is CC(C1CC1)N(Cc1ccccc1)C(=O)Cc1coc(-c2ccccc2)n1. The van der Waals surface area contributed by atoms with Crippen LogP contribution in [0.5, 0.6) is 0 Å². The normalized spacial score (nSPS) is 14.7. The molecule has 2 aromatic carbocycles. The second kappa shape index (κ2) is 7.78. The van der Waals surface area contributed by atoms with E-state index in [1.54, 1.807) is 6.26 Å². The minimum Gasteiger partial charge on any atom is -0.444 e. The number of oxazole rings is 1. The van der Waals surface area contributed by atoms with Gasteiger partial charge in [-0.15, -0.1) is 0 Å². The van der Waals surface area contributed by atoms with Crippen LogP contribution in [0.3, 0.4) is 0 Å². The third-order valence-electron chi connectivity index (χ3n) is 5.22. The van der Waals surface area contributed by atoms with Crippen molar-refractivity contribution in [2.45, 2.75) is 38.8 Å². The average Bonchev–Trinajstić information content (AvgIpc) is 3.46. The molecule has 1 unspecified atom stereocenters. The largest absolute Gasteiger partial charge is 0.444 e. The molecule has 0 aliphatic heterocycles. The Bertz CT molecular complexity index is 885. The van der Waals surface area contributed by atoms with Crippen LogP contribution in [0.25, 0.3) is 11.5 Å². The monoisotopic (exact) mass is 360 g/mol. The maximum Gasteiger partial charge on any atom is 0.229 e. The third-order valence-corrected chi connectivity index (χ3v) is 5.22. The van der Waals surface area contributed by atoms with E-state index in [1.807, 2.05) is 53.4 Å². The fourth-order valence-electron chi connectivity index (χ4n) is 3.43. The van der Waals surface area contributed by atoms with Gasteiger partial charge in [0.15, 0.2) is 0 Å². The van der Waals surface area contributed by atoms with Gasteiger partial charge in [-0.3, -0.25) is 4.79 Å². The van der Waals surface area contributed by atoms with Crippen molar-refractivity contribution < 1.29 is 9.21 Å². The number of rotatable bonds is 7. The van der Waals surface area contributed by atoms with E-state index in [0.717, 1.165) is 11.1 Å². The van der Waals surface area contributed by atoms with Crippen LogP contribution in [-0.4, -0.2) is 21.8 Å². The Morgan fingerprint density at radius 2 is 1.78 bits per heavy atom. The number of aromatic nitrogens is 1. The lowest BCUT2D eigenvalue weighted by atomic mass is 10.1. The lowest BCUT2D eigenvalue weighted by Gasteiger charge is -2.29. The fourth-order valence-corrected chi connectivity index (χ4v) is 3.43. The minimum atomic E-state index is 0.103. The molecule has 1 saturated carbocycles. The van der Waals surface area contributed by atoms with Crippen LogP contribution < -0.4 is 0 Å². The second-order valence-corrected chi connectivity index (χ2v) is 7.27. The van der Waals surface area contributed by atoms with Crippen molar-refractivity contribution in [3.05, 3.63) is 78.2 Å². The lowest BCUT2D eigenvalue weighted by molar-refractivity contribution is -0.133. The van der Waals surface area contributed by atoms with E-state index in [0.29, 0.717) is 24.0 Å². The van der Waals surface area contributed by atoms with Crippen LogP contribution in [-0.2, 0) is 17.8 Å². The molecule has 3 aromatic rings. The van der Waals surface area contributed by atoms with Gasteiger partial charge in [-0.2, -0.15) is 0 Å². The first-order chi connectivity index (χ1) is 13.2. The Hall–Kier alpha value is -2.88. The standard InChI is InChI=1S/C23H24N2O2/c1-17(19-12-13-19)25(15-18-8-4-2-5-9-18)22(26)14-21-16-27-23(24-21)20-10-6-3-7-11-20/h2-11,16-17,19H,12-15H2,1H3. The molecule has 4 rings (SSSR count). The van der Waals surface area contributed by atoms with Gasteiger partial charge in [0.2, 0.25) is 11.8 Å². The lowest BCUT2D eigenvalue weighted by Crippen LogP contribution is -2.40. The van der Waals surface area contributed by atoms with E-state index < -0.39 is 0 Å². The van der Waals surface area contributed by atoms with E-state index in [4.69, 9.17) is 4.42 Å². The first-order valence-electron chi connectivity index (χ1n) is 9.54. The summed E-state index contributed by atoms with van der Waals surface area (Å²) in [7, 11) is 0. The molecule has 4 nitrogen and oxygen atoms in total. The second-order valence-electron chi connectivity index (χ2n) is 7.27. The maximum absolute atomic E-state index is 13.1. The Balaban J connectivity index is 1.49. The van der Waals surface area contributed by atoms with Gasteiger partial charge < -0.3 is 9.32 Å². The van der Waals surface area contributed by atoms with Crippen molar-refractivity contribution in [3.63, 3.8) is 0 Å². The first kappa shape index (κ1) is 17.5. The number of hydrogen-bond acceptors (Lipinski definition) is 3. The van der Waals surface area contributed by atoms with E-state index in [1.165, 1.54) is 12.8 Å². The van der Waals surface area contributed by atoms with Gasteiger partial charge in [0.25, 0.3) is 0 Å². The Morgan fingerprint density at radius 3 is 2.44 bits per heavy atom. The predicted molar refractivity (Wildman–Crippen MR) is 105 cm³/mol. The van der Waals surface area contributed by atoms with Crippen molar-refractivity contribution in [3.8, 4) is 11.5 Å². The van der Waals surface area contributed by atoms with Crippen molar-refractivity contribution in [2.75, 3.05) is 0 Å². The molecule has 1 amide bonds. The molecule has 0 saturated heterocycles. The molecule has 1 aliphatic carbocycles. The molecule has 1 atom stereocenters. The summed E-state index contributed by atoms with van der Waals surface area (Å²) in [5, 5.41) is 0. The summed E-state index contributed by atoms with van der Waals surface area (Å²) in [5.41, 5.74) is 2.76. The van der Waals surface area contributed by atoms with Gasteiger partial charge in [0.05, 0.1) is 12.1 Å². The van der Waals surface area contributed by atoms with Crippen molar-refractivity contribution in [1.82, 2.24) is 9.88 Å². The van der Waals surface area contributed by atoms with Crippen LogP contribution in [0.1, 0.15) is 31.0 Å². The highest BCUT2D eigenvalue weighted by atomic mass is 16.3. The molecule has 1 fully saturated rings. The smallest absolute Gasteiger partial charge is 0.229 e. The Labute approximate surface area is 159 Å². The molecule has 1 aliphatic rings. The van der Waals surface area contributed by atoms with Crippen LogP contribution in [0, 0.1) is 5.92 Å². The number of carbonyl (C=O) groups excluding carboxylic acids is 1. The molecule has 0 radical (unpaired) electrons. The van der Waals surface area contributed by atoms with Gasteiger partial charge in [-0.25, -0.2) is 4.98 Å². The van der Waals surface area contributed by atoms with E-state index in [-0.39, 0.29) is 18.4 Å². The summed E-state index contributed by atoms with van der Waals surface area (Å²) in [4.78, 5) is 19.6. The average molecular weight is 360 g/mol. The van der Waals surface area contributed by atoms with Gasteiger partial charge in [-0.1, -0.05) is 48.5 Å². The molecule has 1 aromatic heterocycles. The highest BCUT2D eigenvalue weighted by molar-refractivity contribution is 5.78. The van der Waals surface area contributed by atoms with Crippen molar-refractivity contribution in [1.29, 1.82) is 0 Å². The van der Waals surface area contributed by atoms with E-state index in [9.17, 15) is 4.79 Å². The first-order valence-corrected chi connectivity index (χ1v) is 9.54. The summed E-state index contributed by atoms with van der Waals surface area (Å²) < 4.78 is 5.59. The highest BCUT2D eigenvalue weighted by Crippen LogP contribution is 2.36. The molecular weight excluding hydrogens is 336 g/mol. The van der Waals surface area contributed by atoms with Crippen LogP contribution >= 0.6 is 0 Å². The van der Waals surface area contributed by atoms with Gasteiger partial charge in [0, 0.05) is 18.2 Å². The topological polar surface area (TPSA) is 46.3 Å². The van der Waals surface area contributed by atoms with E-state index in [2.05, 4.69) is 24.0 Å². The molecule has 0 bridgehead atoms. The third kappa shape index (κ3) is 4.27. The maximum atomic E-state index is 13.1. The van der Waals surface area contributed by atoms with Crippen LogP contribution in [0.15, 0.2) is 71.3 Å². The zero-order chi connectivity index (χ0) is 18.6. The molecule has 0 spiro atoms. The van der Waals surface area contributed by atoms with Crippen molar-refractivity contribution >= 4 is 5.91 Å². The zero-order valence-electron chi connectivity index (χ0n) is 15.5. The number of amides is 1. The number of benzene rings is 2. The zero-order valence-corrected chi connectivity index (χ0v) is 15.5. The molecule has 4 heteroatoms.